The highest BCUT2D eigenvalue weighted by atomic mass is 79.9. The van der Waals surface area contributed by atoms with Gasteiger partial charge in [0.15, 0.2) is 0 Å². The molecule has 0 fully saturated rings. The lowest BCUT2D eigenvalue weighted by molar-refractivity contribution is -0.385. The molecular formula is C13H19BrClN3O3. The Bertz CT molecular complexity index is 537. The van der Waals surface area contributed by atoms with E-state index < -0.39 is 4.92 Å². The van der Waals surface area contributed by atoms with E-state index in [0.29, 0.717) is 17.6 Å². The van der Waals surface area contributed by atoms with E-state index in [1.807, 2.05) is 13.8 Å². The Hall–Kier alpha value is -1.18. The molecule has 0 aliphatic carbocycles. The number of nitro groups is 1. The van der Waals surface area contributed by atoms with Crippen LogP contribution in [0.2, 0.25) is 0 Å². The zero-order chi connectivity index (χ0) is 15.5. The molecule has 21 heavy (non-hydrogen) atoms. The average Bonchev–Trinajstić information content (AvgIpc) is 2.36. The first-order valence-electron chi connectivity index (χ1n) is 6.07. The molecule has 0 bridgehead atoms. The number of benzene rings is 1. The van der Waals surface area contributed by atoms with E-state index in [4.69, 9.17) is 5.73 Å². The van der Waals surface area contributed by atoms with E-state index in [2.05, 4.69) is 15.9 Å². The van der Waals surface area contributed by atoms with E-state index in [9.17, 15) is 14.9 Å². The van der Waals surface area contributed by atoms with Crippen LogP contribution in [-0.2, 0) is 0 Å². The van der Waals surface area contributed by atoms with Gasteiger partial charge in [0.1, 0.15) is 0 Å². The van der Waals surface area contributed by atoms with Crippen molar-refractivity contribution in [1.29, 1.82) is 0 Å². The minimum atomic E-state index is -0.522. The standard InChI is InChI=1S/C13H18BrN3O3.ClH/c1-13(2,7-15)8-16(3)12(18)9-4-10(14)6-11(5-9)17(19)20;/h4-6H,7-8,15H2,1-3H3;1H. The van der Waals surface area contributed by atoms with Crippen LogP contribution < -0.4 is 5.73 Å². The third-order valence-electron chi connectivity index (χ3n) is 2.90. The van der Waals surface area contributed by atoms with E-state index in [1.165, 1.54) is 17.0 Å². The lowest BCUT2D eigenvalue weighted by Crippen LogP contribution is -2.39. The maximum absolute atomic E-state index is 12.3. The molecule has 0 heterocycles. The molecule has 118 valence electrons. The van der Waals surface area contributed by atoms with Gasteiger partial charge in [-0.3, -0.25) is 14.9 Å². The number of hydrogen-bond donors (Lipinski definition) is 1. The summed E-state index contributed by atoms with van der Waals surface area (Å²) in [6, 6.07) is 4.21. The van der Waals surface area contributed by atoms with Gasteiger partial charge in [-0.2, -0.15) is 0 Å². The lowest BCUT2D eigenvalue weighted by atomic mass is 9.93. The number of rotatable bonds is 5. The van der Waals surface area contributed by atoms with Gasteiger partial charge in [-0.25, -0.2) is 0 Å². The van der Waals surface area contributed by atoms with Crippen molar-refractivity contribution in [3.8, 4) is 0 Å². The molecule has 0 aliphatic rings. The fourth-order valence-electron chi connectivity index (χ4n) is 1.80. The second-order valence-corrected chi connectivity index (χ2v) is 6.40. The zero-order valence-electron chi connectivity index (χ0n) is 12.1. The highest BCUT2D eigenvalue weighted by molar-refractivity contribution is 9.10. The van der Waals surface area contributed by atoms with Crippen molar-refractivity contribution in [2.75, 3.05) is 20.1 Å². The number of halogens is 2. The predicted octanol–water partition coefficient (Wildman–Crippen LogP) is 2.84. The van der Waals surface area contributed by atoms with Crippen LogP contribution in [-0.4, -0.2) is 35.9 Å². The summed E-state index contributed by atoms with van der Waals surface area (Å²) < 4.78 is 0.501. The molecule has 0 aromatic heterocycles. The number of amides is 1. The Morgan fingerprint density at radius 3 is 2.48 bits per heavy atom. The Morgan fingerprint density at radius 1 is 1.43 bits per heavy atom. The highest BCUT2D eigenvalue weighted by Gasteiger charge is 2.23. The number of non-ortho nitro benzene ring substituents is 1. The summed E-state index contributed by atoms with van der Waals surface area (Å²) in [5, 5.41) is 10.8. The topological polar surface area (TPSA) is 89.5 Å². The predicted molar refractivity (Wildman–Crippen MR) is 87.8 cm³/mol. The summed E-state index contributed by atoms with van der Waals surface area (Å²) in [6.45, 7) is 4.84. The fraction of sp³-hybridized carbons (Fsp3) is 0.462. The number of hydrogen-bond acceptors (Lipinski definition) is 4. The minimum absolute atomic E-state index is 0. The Kier molecular flexibility index (Phi) is 7.29. The van der Waals surface area contributed by atoms with Gasteiger partial charge >= 0.3 is 0 Å². The van der Waals surface area contributed by atoms with E-state index in [-0.39, 0.29) is 35.0 Å². The normalized spacial score (nSPS) is 10.7. The van der Waals surface area contributed by atoms with Crippen molar-refractivity contribution in [2.45, 2.75) is 13.8 Å². The third-order valence-corrected chi connectivity index (χ3v) is 3.36. The molecule has 0 aliphatic heterocycles. The Labute approximate surface area is 138 Å². The maximum atomic E-state index is 12.3. The van der Waals surface area contributed by atoms with Gasteiger partial charge in [-0.05, 0) is 18.0 Å². The van der Waals surface area contributed by atoms with Gasteiger partial charge in [-0.1, -0.05) is 29.8 Å². The van der Waals surface area contributed by atoms with E-state index in [1.54, 1.807) is 13.1 Å². The van der Waals surface area contributed by atoms with Crippen molar-refractivity contribution in [2.24, 2.45) is 11.1 Å². The maximum Gasteiger partial charge on any atom is 0.271 e. The van der Waals surface area contributed by atoms with Crippen molar-refractivity contribution < 1.29 is 9.72 Å². The van der Waals surface area contributed by atoms with Gasteiger partial charge in [0, 0.05) is 35.8 Å². The first-order chi connectivity index (χ1) is 9.16. The van der Waals surface area contributed by atoms with Crippen LogP contribution in [0.5, 0.6) is 0 Å². The van der Waals surface area contributed by atoms with Crippen LogP contribution in [0.1, 0.15) is 24.2 Å². The van der Waals surface area contributed by atoms with Gasteiger partial charge in [-0.15, -0.1) is 12.4 Å². The van der Waals surface area contributed by atoms with Crippen LogP contribution in [0.3, 0.4) is 0 Å². The molecule has 0 unspecified atom stereocenters. The van der Waals surface area contributed by atoms with E-state index >= 15 is 0 Å². The van der Waals surface area contributed by atoms with Gasteiger partial charge < -0.3 is 10.6 Å². The Balaban J connectivity index is 0.00000400. The SMILES string of the molecule is CN(CC(C)(C)CN)C(=O)c1cc(Br)cc([N+](=O)[O-])c1.Cl. The van der Waals surface area contributed by atoms with Crippen LogP contribution >= 0.6 is 28.3 Å². The number of nitrogens with two attached hydrogens (primary N) is 1. The molecule has 1 rings (SSSR count). The molecule has 1 amide bonds. The lowest BCUT2D eigenvalue weighted by Gasteiger charge is -2.29. The van der Waals surface area contributed by atoms with Crippen molar-refractivity contribution in [3.63, 3.8) is 0 Å². The zero-order valence-corrected chi connectivity index (χ0v) is 14.5. The van der Waals surface area contributed by atoms with Crippen LogP contribution in [0, 0.1) is 15.5 Å². The fourth-order valence-corrected chi connectivity index (χ4v) is 2.28. The first kappa shape index (κ1) is 19.8. The van der Waals surface area contributed by atoms with Crippen LogP contribution in [0.25, 0.3) is 0 Å². The van der Waals surface area contributed by atoms with Crippen molar-refractivity contribution in [3.05, 3.63) is 38.3 Å². The summed E-state index contributed by atoms with van der Waals surface area (Å²) in [6.07, 6.45) is 0. The van der Waals surface area contributed by atoms with Crippen LogP contribution in [0.4, 0.5) is 5.69 Å². The van der Waals surface area contributed by atoms with Gasteiger partial charge in [0.2, 0.25) is 0 Å². The summed E-state index contributed by atoms with van der Waals surface area (Å²) >= 11 is 3.18. The molecule has 6 nitrogen and oxygen atoms in total. The van der Waals surface area contributed by atoms with Crippen molar-refractivity contribution in [1.82, 2.24) is 4.90 Å². The highest BCUT2D eigenvalue weighted by Crippen LogP contribution is 2.23. The minimum Gasteiger partial charge on any atom is -0.341 e. The third kappa shape index (κ3) is 5.61. The number of nitrogens with zero attached hydrogens (tertiary/aromatic N) is 2. The Morgan fingerprint density at radius 2 is 2.00 bits per heavy atom. The molecule has 0 radical (unpaired) electrons. The molecule has 1 aromatic carbocycles. The molecule has 0 saturated heterocycles. The molecule has 8 heteroatoms. The average molecular weight is 381 g/mol. The monoisotopic (exact) mass is 379 g/mol. The molecular weight excluding hydrogens is 362 g/mol. The first-order valence-corrected chi connectivity index (χ1v) is 6.86. The second-order valence-electron chi connectivity index (χ2n) is 5.48. The molecule has 0 spiro atoms. The van der Waals surface area contributed by atoms with Gasteiger partial charge in [0.25, 0.3) is 11.6 Å². The molecule has 0 atom stereocenters. The largest absolute Gasteiger partial charge is 0.341 e. The summed E-state index contributed by atoms with van der Waals surface area (Å²) in [5.41, 5.74) is 5.60. The van der Waals surface area contributed by atoms with Crippen LogP contribution in [0.15, 0.2) is 22.7 Å². The van der Waals surface area contributed by atoms with E-state index in [0.717, 1.165) is 0 Å². The number of nitro benzene ring substituents is 1. The van der Waals surface area contributed by atoms with Crippen molar-refractivity contribution >= 4 is 39.9 Å². The van der Waals surface area contributed by atoms with Gasteiger partial charge in [0.05, 0.1) is 4.92 Å². The number of carbonyl (C=O) groups is 1. The second kappa shape index (κ2) is 7.72. The molecule has 0 saturated carbocycles. The number of carbonyl (C=O) groups excluding carboxylic acids is 1. The smallest absolute Gasteiger partial charge is 0.271 e. The summed E-state index contributed by atoms with van der Waals surface area (Å²) in [5.74, 6) is -0.268. The molecule has 1 aromatic rings. The summed E-state index contributed by atoms with van der Waals surface area (Å²) in [7, 11) is 1.66. The molecule has 2 N–H and O–H groups in total. The summed E-state index contributed by atoms with van der Waals surface area (Å²) in [4.78, 5) is 24.1. The quantitative estimate of drug-likeness (QED) is 0.628.